The number of hydrogen-bond acceptors (Lipinski definition) is 2. The van der Waals surface area contributed by atoms with E-state index in [4.69, 9.17) is 0 Å². The van der Waals surface area contributed by atoms with Gasteiger partial charge in [0.15, 0.2) is 0 Å². The molecule has 0 aromatic carbocycles. The van der Waals surface area contributed by atoms with Gasteiger partial charge in [-0.3, -0.25) is 0 Å². The first-order chi connectivity index (χ1) is 8.77. The van der Waals surface area contributed by atoms with E-state index in [1.165, 1.54) is 32.1 Å². The highest BCUT2D eigenvalue weighted by molar-refractivity contribution is 5.74. The number of rotatable bonds is 2. The molecule has 4 heteroatoms. The number of amides is 2. The van der Waals surface area contributed by atoms with Crippen LogP contribution in [0.2, 0.25) is 0 Å². The van der Waals surface area contributed by atoms with Crippen LogP contribution in [0.1, 0.15) is 51.9 Å². The van der Waals surface area contributed by atoms with E-state index in [1.807, 2.05) is 4.90 Å². The van der Waals surface area contributed by atoms with Crippen LogP contribution in [0.4, 0.5) is 4.79 Å². The molecule has 2 heterocycles. The van der Waals surface area contributed by atoms with Crippen LogP contribution in [0.5, 0.6) is 0 Å². The smallest absolute Gasteiger partial charge is 0.317 e. The zero-order valence-corrected chi connectivity index (χ0v) is 11.6. The van der Waals surface area contributed by atoms with Gasteiger partial charge in [0.05, 0.1) is 0 Å². The van der Waals surface area contributed by atoms with Gasteiger partial charge in [-0.25, -0.2) is 4.79 Å². The monoisotopic (exact) mass is 253 g/mol. The lowest BCUT2D eigenvalue weighted by Gasteiger charge is -2.31. The van der Waals surface area contributed by atoms with Crippen molar-refractivity contribution in [1.29, 1.82) is 0 Å². The Hall–Kier alpha value is -0.770. The molecule has 2 amide bonds. The van der Waals surface area contributed by atoms with Crippen LogP contribution in [-0.4, -0.2) is 42.6 Å². The van der Waals surface area contributed by atoms with Gasteiger partial charge in [-0.1, -0.05) is 19.3 Å². The highest BCUT2D eigenvalue weighted by atomic mass is 16.2. The zero-order valence-electron chi connectivity index (χ0n) is 11.6. The van der Waals surface area contributed by atoms with Crippen molar-refractivity contribution < 1.29 is 4.79 Å². The molecule has 0 bridgehead atoms. The minimum Gasteiger partial charge on any atom is -0.334 e. The molecule has 0 saturated carbocycles. The van der Waals surface area contributed by atoms with Crippen molar-refractivity contribution in [3.63, 3.8) is 0 Å². The Bertz CT molecular complexity index is 256. The van der Waals surface area contributed by atoms with Gasteiger partial charge in [0.1, 0.15) is 0 Å². The van der Waals surface area contributed by atoms with Gasteiger partial charge < -0.3 is 15.5 Å². The number of carbonyl (C=O) groups is 1. The lowest BCUT2D eigenvalue weighted by atomic mass is 9.99. The van der Waals surface area contributed by atoms with Crippen LogP contribution in [0.25, 0.3) is 0 Å². The predicted molar refractivity (Wildman–Crippen MR) is 73.7 cm³/mol. The molecule has 104 valence electrons. The number of urea groups is 1. The highest BCUT2D eigenvalue weighted by Crippen LogP contribution is 2.12. The van der Waals surface area contributed by atoms with Crippen molar-refractivity contribution >= 4 is 6.03 Å². The van der Waals surface area contributed by atoms with Crippen LogP contribution in [0.15, 0.2) is 0 Å². The van der Waals surface area contributed by atoms with Crippen molar-refractivity contribution in [3.05, 3.63) is 0 Å². The van der Waals surface area contributed by atoms with Crippen LogP contribution in [0, 0.1) is 0 Å². The normalized spacial score (nSPS) is 27.4. The number of nitrogens with one attached hydrogen (secondary N) is 2. The summed E-state index contributed by atoms with van der Waals surface area (Å²) in [4.78, 5) is 14.2. The van der Waals surface area contributed by atoms with E-state index >= 15 is 0 Å². The first kappa shape index (κ1) is 13.7. The Morgan fingerprint density at radius 2 is 1.89 bits per heavy atom. The minimum absolute atomic E-state index is 0.136. The van der Waals surface area contributed by atoms with E-state index in [0.717, 1.165) is 32.5 Å². The van der Waals surface area contributed by atoms with Gasteiger partial charge in [0.25, 0.3) is 0 Å². The molecule has 2 atom stereocenters. The Balaban J connectivity index is 1.77. The lowest BCUT2D eigenvalue weighted by Crippen LogP contribution is -2.53. The van der Waals surface area contributed by atoms with E-state index in [9.17, 15) is 4.79 Å². The molecule has 2 saturated heterocycles. The van der Waals surface area contributed by atoms with Crippen LogP contribution in [-0.2, 0) is 0 Å². The summed E-state index contributed by atoms with van der Waals surface area (Å²) in [7, 11) is 0. The molecule has 0 aromatic rings. The van der Waals surface area contributed by atoms with Gasteiger partial charge in [0.2, 0.25) is 0 Å². The van der Waals surface area contributed by atoms with E-state index in [-0.39, 0.29) is 12.1 Å². The van der Waals surface area contributed by atoms with Gasteiger partial charge in [-0.05, 0) is 39.2 Å². The van der Waals surface area contributed by atoms with E-state index in [2.05, 4.69) is 17.6 Å². The Morgan fingerprint density at radius 1 is 1.17 bits per heavy atom. The highest BCUT2D eigenvalue weighted by Gasteiger charge is 2.23. The first-order valence-electron chi connectivity index (χ1n) is 7.56. The summed E-state index contributed by atoms with van der Waals surface area (Å²) in [5.41, 5.74) is 0. The molecule has 0 radical (unpaired) electrons. The van der Waals surface area contributed by atoms with Gasteiger partial charge in [-0.2, -0.15) is 0 Å². The SMILES string of the molecule is CC(NC(=O)N1CCCCCC1)C1CCCCN1. The Kier molecular flexibility index (Phi) is 5.29. The largest absolute Gasteiger partial charge is 0.334 e. The zero-order chi connectivity index (χ0) is 12.8. The topological polar surface area (TPSA) is 44.4 Å². The third-order valence-corrected chi connectivity index (χ3v) is 4.20. The summed E-state index contributed by atoms with van der Waals surface area (Å²) >= 11 is 0. The molecule has 2 rings (SSSR count). The van der Waals surface area contributed by atoms with Crippen molar-refractivity contribution in [3.8, 4) is 0 Å². The average Bonchev–Trinajstić information content (AvgIpc) is 2.68. The molecule has 0 aliphatic carbocycles. The summed E-state index contributed by atoms with van der Waals surface area (Å²) < 4.78 is 0. The van der Waals surface area contributed by atoms with E-state index < -0.39 is 0 Å². The summed E-state index contributed by atoms with van der Waals surface area (Å²) in [6, 6.07) is 0.826. The molecule has 0 aromatic heterocycles. The third kappa shape index (κ3) is 3.87. The molecule has 2 N–H and O–H groups in total. The fourth-order valence-corrected chi connectivity index (χ4v) is 2.97. The summed E-state index contributed by atoms with van der Waals surface area (Å²) in [5.74, 6) is 0. The van der Waals surface area contributed by atoms with Crippen LogP contribution in [0.3, 0.4) is 0 Å². The molecule has 4 nitrogen and oxygen atoms in total. The molecular formula is C14H27N3O. The Morgan fingerprint density at radius 3 is 2.50 bits per heavy atom. The number of carbonyl (C=O) groups excluding carboxylic acids is 1. The molecule has 2 fully saturated rings. The van der Waals surface area contributed by atoms with Gasteiger partial charge >= 0.3 is 6.03 Å². The first-order valence-corrected chi connectivity index (χ1v) is 7.56. The summed E-state index contributed by atoms with van der Waals surface area (Å²) in [6.45, 7) is 5.07. The van der Waals surface area contributed by atoms with Crippen molar-refractivity contribution in [2.45, 2.75) is 64.0 Å². The van der Waals surface area contributed by atoms with Crippen molar-refractivity contribution in [2.24, 2.45) is 0 Å². The second kappa shape index (κ2) is 6.98. The lowest BCUT2D eigenvalue weighted by molar-refractivity contribution is 0.191. The number of nitrogens with zero attached hydrogens (tertiary/aromatic N) is 1. The number of hydrogen-bond donors (Lipinski definition) is 2. The second-order valence-electron chi connectivity index (χ2n) is 5.70. The molecule has 2 aliphatic heterocycles. The summed E-state index contributed by atoms with van der Waals surface area (Å²) in [5, 5.41) is 6.68. The second-order valence-corrected chi connectivity index (χ2v) is 5.70. The minimum atomic E-state index is 0.136. The molecule has 2 unspecified atom stereocenters. The number of likely N-dealkylation sites (tertiary alicyclic amines) is 1. The van der Waals surface area contributed by atoms with E-state index in [0.29, 0.717) is 6.04 Å². The number of piperidine rings is 1. The molecule has 2 aliphatic rings. The summed E-state index contributed by atoms with van der Waals surface area (Å²) in [6.07, 6.45) is 8.58. The fourth-order valence-electron chi connectivity index (χ4n) is 2.97. The maximum Gasteiger partial charge on any atom is 0.317 e. The van der Waals surface area contributed by atoms with Crippen LogP contribution >= 0.6 is 0 Å². The Labute approximate surface area is 110 Å². The fraction of sp³-hybridized carbons (Fsp3) is 0.929. The van der Waals surface area contributed by atoms with Gasteiger partial charge in [0, 0.05) is 25.2 Å². The van der Waals surface area contributed by atoms with Crippen molar-refractivity contribution in [2.75, 3.05) is 19.6 Å². The predicted octanol–water partition coefficient (Wildman–Crippen LogP) is 2.10. The molecular weight excluding hydrogens is 226 g/mol. The molecule has 18 heavy (non-hydrogen) atoms. The standard InChI is InChI=1S/C14H27N3O/c1-12(13-8-4-5-9-15-13)16-14(18)17-10-6-2-3-7-11-17/h12-13,15H,2-11H2,1H3,(H,16,18). The molecule has 0 spiro atoms. The van der Waals surface area contributed by atoms with Crippen LogP contribution < -0.4 is 10.6 Å². The van der Waals surface area contributed by atoms with E-state index in [1.54, 1.807) is 0 Å². The third-order valence-electron chi connectivity index (χ3n) is 4.20. The maximum atomic E-state index is 12.2. The van der Waals surface area contributed by atoms with Crippen molar-refractivity contribution in [1.82, 2.24) is 15.5 Å². The van der Waals surface area contributed by atoms with Gasteiger partial charge in [-0.15, -0.1) is 0 Å². The maximum absolute atomic E-state index is 12.2. The average molecular weight is 253 g/mol. The quantitative estimate of drug-likeness (QED) is 0.791.